The highest BCUT2D eigenvalue weighted by Crippen LogP contribution is 2.30. The van der Waals surface area contributed by atoms with Crippen LogP contribution in [-0.2, 0) is 9.47 Å². The summed E-state index contributed by atoms with van der Waals surface area (Å²) in [5, 5.41) is 0. The highest BCUT2D eigenvalue weighted by Gasteiger charge is 2.28. The lowest BCUT2D eigenvalue weighted by atomic mass is 9.81. The molecule has 0 unspecified atom stereocenters. The fourth-order valence-corrected chi connectivity index (χ4v) is 3.08. The Morgan fingerprint density at radius 2 is 1.26 bits per heavy atom. The third kappa shape index (κ3) is 12.7. The summed E-state index contributed by atoms with van der Waals surface area (Å²) in [6.45, 7) is 14.1. The van der Waals surface area contributed by atoms with E-state index in [2.05, 4.69) is 27.4 Å². The molecule has 0 N–H and O–H groups in total. The standard InChI is InChI=1S/C21H42O2/c1-5-9-11-13-17-22-19-21(15-7-3,16-8-4)20-23-18-14-12-10-6-2/h7H,3,5-6,8-20H2,1-2,4H3. The van der Waals surface area contributed by atoms with Gasteiger partial charge in [0.15, 0.2) is 0 Å². The van der Waals surface area contributed by atoms with E-state index in [1.54, 1.807) is 0 Å². The molecule has 0 atom stereocenters. The van der Waals surface area contributed by atoms with Crippen LogP contribution in [-0.4, -0.2) is 26.4 Å². The monoisotopic (exact) mass is 326 g/mol. The molecular weight excluding hydrogens is 284 g/mol. The molecule has 0 amide bonds. The van der Waals surface area contributed by atoms with E-state index in [1.807, 2.05) is 6.08 Å². The molecule has 0 saturated carbocycles. The van der Waals surface area contributed by atoms with Crippen LogP contribution in [0.3, 0.4) is 0 Å². The minimum atomic E-state index is 0.131. The summed E-state index contributed by atoms with van der Waals surface area (Å²) in [6.07, 6.45) is 15.5. The van der Waals surface area contributed by atoms with Crippen molar-refractivity contribution in [2.24, 2.45) is 5.41 Å². The zero-order valence-corrected chi connectivity index (χ0v) is 16.2. The number of ether oxygens (including phenoxy) is 2. The summed E-state index contributed by atoms with van der Waals surface area (Å²) in [4.78, 5) is 0. The van der Waals surface area contributed by atoms with Crippen LogP contribution in [0.4, 0.5) is 0 Å². The quantitative estimate of drug-likeness (QED) is 0.210. The minimum absolute atomic E-state index is 0.131. The molecule has 2 heteroatoms. The second-order valence-electron chi connectivity index (χ2n) is 6.97. The molecule has 0 saturated heterocycles. The Hall–Kier alpha value is -0.340. The normalized spacial score (nSPS) is 11.8. The van der Waals surface area contributed by atoms with Crippen molar-refractivity contribution in [1.82, 2.24) is 0 Å². The van der Waals surface area contributed by atoms with Crippen molar-refractivity contribution < 1.29 is 9.47 Å². The van der Waals surface area contributed by atoms with Gasteiger partial charge in [0.25, 0.3) is 0 Å². The molecule has 0 spiro atoms. The number of hydrogen-bond donors (Lipinski definition) is 0. The van der Waals surface area contributed by atoms with Gasteiger partial charge in [0.1, 0.15) is 0 Å². The van der Waals surface area contributed by atoms with Crippen molar-refractivity contribution in [3.63, 3.8) is 0 Å². The van der Waals surface area contributed by atoms with Crippen LogP contribution in [0.15, 0.2) is 12.7 Å². The highest BCUT2D eigenvalue weighted by atomic mass is 16.5. The Bertz CT molecular complexity index is 234. The molecule has 0 radical (unpaired) electrons. The zero-order valence-electron chi connectivity index (χ0n) is 16.2. The lowest BCUT2D eigenvalue weighted by Crippen LogP contribution is -2.32. The van der Waals surface area contributed by atoms with Crippen LogP contribution < -0.4 is 0 Å². The number of hydrogen-bond acceptors (Lipinski definition) is 2. The Kier molecular flexibility index (Phi) is 16.3. The summed E-state index contributed by atoms with van der Waals surface area (Å²) in [5.74, 6) is 0. The summed E-state index contributed by atoms with van der Waals surface area (Å²) in [7, 11) is 0. The van der Waals surface area contributed by atoms with Gasteiger partial charge < -0.3 is 9.47 Å². The van der Waals surface area contributed by atoms with Crippen LogP contribution in [0.5, 0.6) is 0 Å². The minimum Gasteiger partial charge on any atom is -0.381 e. The smallest absolute Gasteiger partial charge is 0.0547 e. The first kappa shape index (κ1) is 22.7. The number of unbranched alkanes of at least 4 members (excludes halogenated alkanes) is 6. The van der Waals surface area contributed by atoms with E-state index in [0.717, 1.165) is 39.3 Å². The molecular formula is C21H42O2. The van der Waals surface area contributed by atoms with E-state index in [1.165, 1.54) is 57.8 Å². The van der Waals surface area contributed by atoms with Gasteiger partial charge in [0, 0.05) is 18.6 Å². The summed E-state index contributed by atoms with van der Waals surface area (Å²) in [6, 6.07) is 0. The van der Waals surface area contributed by atoms with Crippen LogP contribution in [0.1, 0.15) is 91.4 Å². The maximum atomic E-state index is 6.02. The van der Waals surface area contributed by atoms with E-state index in [-0.39, 0.29) is 5.41 Å². The molecule has 138 valence electrons. The second-order valence-corrected chi connectivity index (χ2v) is 6.97. The fourth-order valence-electron chi connectivity index (χ4n) is 3.08. The lowest BCUT2D eigenvalue weighted by molar-refractivity contribution is -0.0280. The summed E-state index contributed by atoms with van der Waals surface area (Å²) >= 11 is 0. The predicted molar refractivity (Wildman–Crippen MR) is 102 cm³/mol. The van der Waals surface area contributed by atoms with Gasteiger partial charge >= 0.3 is 0 Å². The van der Waals surface area contributed by atoms with Gasteiger partial charge in [0.05, 0.1) is 13.2 Å². The van der Waals surface area contributed by atoms with Crippen molar-refractivity contribution in [2.75, 3.05) is 26.4 Å². The Labute approximate surface area is 146 Å². The van der Waals surface area contributed by atoms with E-state index in [0.29, 0.717) is 0 Å². The molecule has 0 aliphatic carbocycles. The van der Waals surface area contributed by atoms with E-state index >= 15 is 0 Å². The maximum absolute atomic E-state index is 6.02. The average Bonchev–Trinajstić information content (AvgIpc) is 2.54. The number of rotatable bonds is 18. The number of allylic oxidation sites excluding steroid dienone is 1. The molecule has 0 aromatic carbocycles. The summed E-state index contributed by atoms with van der Waals surface area (Å²) in [5.41, 5.74) is 0.131. The molecule has 0 fully saturated rings. The van der Waals surface area contributed by atoms with Crippen molar-refractivity contribution in [1.29, 1.82) is 0 Å². The SMILES string of the molecule is C=CCC(CCC)(COCCCCCC)COCCCCCC. The predicted octanol–water partition coefficient (Wildman–Crippen LogP) is 6.54. The molecule has 23 heavy (non-hydrogen) atoms. The van der Waals surface area contributed by atoms with Gasteiger partial charge in [0.2, 0.25) is 0 Å². The fraction of sp³-hybridized carbons (Fsp3) is 0.905. The van der Waals surface area contributed by atoms with Crippen LogP contribution in [0, 0.1) is 5.41 Å². The first-order chi connectivity index (χ1) is 11.2. The Balaban J connectivity index is 4.14. The van der Waals surface area contributed by atoms with Crippen LogP contribution in [0.25, 0.3) is 0 Å². The molecule has 0 rings (SSSR count). The van der Waals surface area contributed by atoms with Gasteiger partial charge in [-0.3, -0.25) is 0 Å². The second kappa shape index (κ2) is 16.5. The van der Waals surface area contributed by atoms with Crippen molar-refractivity contribution >= 4 is 0 Å². The topological polar surface area (TPSA) is 18.5 Å². The zero-order chi connectivity index (χ0) is 17.2. The molecule has 2 nitrogen and oxygen atoms in total. The van der Waals surface area contributed by atoms with Gasteiger partial charge in [-0.2, -0.15) is 0 Å². The molecule has 0 aromatic heterocycles. The van der Waals surface area contributed by atoms with E-state index in [9.17, 15) is 0 Å². The molecule has 0 heterocycles. The van der Waals surface area contributed by atoms with Gasteiger partial charge in [-0.15, -0.1) is 6.58 Å². The Morgan fingerprint density at radius 3 is 1.65 bits per heavy atom. The van der Waals surface area contributed by atoms with E-state index in [4.69, 9.17) is 9.47 Å². The third-order valence-electron chi connectivity index (χ3n) is 4.46. The molecule has 0 bridgehead atoms. The first-order valence-corrected chi connectivity index (χ1v) is 10.0. The van der Waals surface area contributed by atoms with Gasteiger partial charge in [-0.1, -0.05) is 71.8 Å². The highest BCUT2D eigenvalue weighted by molar-refractivity contribution is 4.86. The molecule has 0 aliphatic heterocycles. The van der Waals surface area contributed by atoms with Gasteiger partial charge in [-0.25, -0.2) is 0 Å². The maximum Gasteiger partial charge on any atom is 0.0547 e. The van der Waals surface area contributed by atoms with Crippen molar-refractivity contribution in [3.05, 3.63) is 12.7 Å². The lowest BCUT2D eigenvalue weighted by Gasteiger charge is -2.32. The largest absolute Gasteiger partial charge is 0.381 e. The van der Waals surface area contributed by atoms with E-state index < -0.39 is 0 Å². The Morgan fingerprint density at radius 1 is 0.739 bits per heavy atom. The third-order valence-corrected chi connectivity index (χ3v) is 4.46. The van der Waals surface area contributed by atoms with Crippen LogP contribution >= 0.6 is 0 Å². The molecule has 0 aromatic rings. The van der Waals surface area contributed by atoms with Crippen molar-refractivity contribution in [3.8, 4) is 0 Å². The molecule has 0 aliphatic rings. The average molecular weight is 327 g/mol. The van der Waals surface area contributed by atoms with Crippen LogP contribution in [0.2, 0.25) is 0 Å². The summed E-state index contributed by atoms with van der Waals surface area (Å²) < 4.78 is 12.0. The van der Waals surface area contributed by atoms with Crippen molar-refractivity contribution in [2.45, 2.75) is 91.4 Å². The first-order valence-electron chi connectivity index (χ1n) is 10.0. The van der Waals surface area contributed by atoms with Gasteiger partial charge in [-0.05, 0) is 25.7 Å².